The minimum atomic E-state index is -5.26. The van der Waals surface area contributed by atoms with Gasteiger partial charge in [-0.25, -0.2) is 0 Å². The van der Waals surface area contributed by atoms with E-state index in [0.717, 1.165) is 30.3 Å². The maximum Gasteiger partial charge on any atom is 0.340 e. The highest BCUT2D eigenvalue weighted by Crippen LogP contribution is 2.43. The summed E-state index contributed by atoms with van der Waals surface area (Å²) in [6.45, 7) is 0. The molecule has 0 heterocycles. The van der Waals surface area contributed by atoms with Gasteiger partial charge in [-0.2, -0.15) is 8.42 Å². The van der Waals surface area contributed by atoms with Crippen molar-refractivity contribution in [3.63, 3.8) is 0 Å². The van der Waals surface area contributed by atoms with E-state index in [0.29, 0.717) is 0 Å². The van der Waals surface area contributed by atoms with E-state index < -0.39 is 82.2 Å². The Balaban J connectivity index is 1.89. The van der Waals surface area contributed by atoms with Crippen molar-refractivity contribution in [3.8, 4) is 45.6 Å². The van der Waals surface area contributed by atoms with Crippen molar-refractivity contribution in [2.24, 2.45) is 15.4 Å². The number of phenolic OH excluding ortho intramolecular Hbond substituents is 5. The number of hydrogen-bond donors (Lipinski definition) is 5. The number of rotatable bonds is 6. The van der Waals surface area contributed by atoms with Crippen LogP contribution in [0.5, 0.6) is 34.5 Å². The zero-order chi connectivity index (χ0) is 29.4. The van der Waals surface area contributed by atoms with Crippen LogP contribution in [0, 0.1) is 5.39 Å². The van der Waals surface area contributed by atoms with Gasteiger partial charge in [0, 0.05) is 34.0 Å². The molecule has 17 heteroatoms. The maximum absolute atomic E-state index is 13.4. The Morgan fingerprint density at radius 1 is 0.875 bits per heavy atom. The lowest BCUT2D eigenvalue weighted by molar-refractivity contribution is 0.365. The minimum Gasteiger partial charge on any atom is -0.504 e. The van der Waals surface area contributed by atoms with Crippen molar-refractivity contribution in [1.82, 2.24) is 0 Å². The summed E-state index contributed by atoms with van der Waals surface area (Å²) < 4.78 is 31.8. The third-order valence-corrected chi connectivity index (χ3v) is 6.99. The maximum atomic E-state index is 13.4. The molecule has 0 radical (unpaired) electrons. The predicted molar refractivity (Wildman–Crippen MR) is 132 cm³/mol. The van der Waals surface area contributed by atoms with Gasteiger partial charge in [-0.3, -0.25) is 14.8 Å². The molecule has 0 saturated carbocycles. The number of phenols is 5. The van der Waals surface area contributed by atoms with Gasteiger partial charge in [0.15, 0.2) is 33.5 Å². The highest BCUT2D eigenvalue weighted by molar-refractivity contribution is 7.87. The molecule has 2 aromatic carbocycles. The van der Waals surface area contributed by atoms with Crippen LogP contribution in [-0.2, 0) is 16.5 Å². The largest absolute Gasteiger partial charge is 0.504 e. The summed E-state index contributed by atoms with van der Waals surface area (Å²) in [5, 5.41) is 68.8. The highest BCUT2D eigenvalue weighted by Gasteiger charge is 2.31. The number of aromatic hydroxyl groups is 5. The standard InChI is InChI=1S/C23H13N6O10S/c24-28-26-12-3-1-2-11-15(12)23(16(27-29-25)22(36)19(11)33)40(37,38)39-14-7-5-10(18(32)21(14)35)8-9-4-6-13(30)20(34)17(9)31/h1-7H,8H2,(H4-,24,25,26,27,28,29,30,31,32,33,34,35,36)/q-1/p+1. The summed E-state index contributed by atoms with van der Waals surface area (Å²) in [7, 11) is -5.26. The molecular weight excluding hydrogens is 552 g/mol. The van der Waals surface area contributed by atoms with Crippen LogP contribution in [0.25, 0.3) is 21.7 Å². The first kappa shape index (κ1) is 27.2. The van der Waals surface area contributed by atoms with Crippen LogP contribution in [-0.4, -0.2) is 34.0 Å². The highest BCUT2D eigenvalue weighted by atomic mass is 32.2. The number of nitrogens with zero attached hydrogens (tertiary/aromatic N) is 6. The van der Waals surface area contributed by atoms with E-state index in [1.807, 2.05) is 0 Å². The van der Waals surface area contributed by atoms with E-state index in [-0.39, 0.29) is 17.5 Å². The molecule has 0 aromatic heterocycles. The van der Waals surface area contributed by atoms with Gasteiger partial charge in [0.05, 0.1) is 0 Å². The van der Waals surface area contributed by atoms with Crippen molar-refractivity contribution in [2.45, 2.75) is 11.3 Å². The third-order valence-electron chi connectivity index (χ3n) is 5.69. The molecule has 2 aliphatic carbocycles. The number of benzene rings is 4. The zero-order valence-corrected chi connectivity index (χ0v) is 20.4. The molecule has 40 heavy (non-hydrogen) atoms. The number of hydrogen-bond acceptors (Lipinski definition) is 13. The van der Waals surface area contributed by atoms with Gasteiger partial charge in [-0.05, 0) is 18.2 Å². The molecule has 16 nitrogen and oxygen atoms in total. The molecule has 0 amide bonds. The Hall–Kier alpha value is -5.89. The molecule has 2 aliphatic rings. The van der Waals surface area contributed by atoms with Crippen LogP contribution in [0.3, 0.4) is 0 Å². The average molecular weight is 566 g/mol. The van der Waals surface area contributed by atoms with Crippen molar-refractivity contribution >= 4 is 10.1 Å². The second-order valence-electron chi connectivity index (χ2n) is 7.99. The molecule has 0 spiro atoms. The molecule has 4 rings (SSSR count). The minimum absolute atomic E-state index is 0.0167. The quantitative estimate of drug-likeness (QED) is 0.0543. The van der Waals surface area contributed by atoms with Crippen LogP contribution >= 0.6 is 0 Å². The Morgan fingerprint density at radius 3 is 2.17 bits per heavy atom. The van der Waals surface area contributed by atoms with E-state index in [4.69, 9.17) is 15.1 Å². The first-order valence-electron chi connectivity index (χ1n) is 10.7. The molecule has 5 N–H and O–H groups in total. The molecule has 0 aliphatic heterocycles. The second-order valence-corrected chi connectivity index (χ2v) is 9.47. The summed E-state index contributed by atoms with van der Waals surface area (Å²) in [5.41, 5.74) is 5.04. The Labute approximate surface area is 221 Å². The molecule has 2 aromatic rings. The van der Waals surface area contributed by atoms with E-state index >= 15 is 0 Å². The van der Waals surface area contributed by atoms with Crippen molar-refractivity contribution in [3.05, 3.63) is 95.4 Å². The first-order chi connectivity index (χ1) is 18.9. The van der Waals surface area contributed by atoms with Gasteiger partial charge in [0.1, 0.15) is 4.90 Å². The molecule has 0 unspecified atom stereocenters. The summed E-state index contributed by atoms with van der Waals surface area (Å²) in [4.78, 5) is 24.1. The lowest BCUT2D eigenvalue weighted by atomic mass is 10.0. The molecule has 0 bridgehead atoms. The van der Waals surface area contributed by atoms with Crippen molar-refractivity contribution in [2.75, 3.05) is 0 Å². The fraction of sp³-hybridized carbons (Fsp3) is 0.0435. The van der Waals surface area contributed by atoms with Gasteiger partial charge >= 0.3 is 15.2 Å². The Kier molecular flexibility index (Phi) is 6.86. The lowest BCUT2D eigenvalue weighted by Gasteiger charge is -2.15. The average Bonchev–Trinajstić information content (AvgIpc) is 2.92. The molecule has 0 atom stereocenters. The van der Waals surface area contributed by atoms with Crippen LogP contribution in [0.15, 0.2) is 72.4 Å². The Bertz CT molecular complexity index is 2060. The predicted octanol–water partition coefficient (Wildman–Crippen LogP) is 0.780. The van der Waals surface area contributed by atoms with E-state index in [9.17, 15) is 43.5 Å². The van der Waals surface area contributed by atoms with Gasteiger partial charge in [0.2, 0.25) is 22.4 Å². The zero-order valence-electron chi connectivity index (χ0n) is 19.6. The number of fused-ring (bicyclic) bond motifs is 1. The van der Waals surface area contributed by atoms with Gasteiger partial charge in [0.25, 0.3) is 5.39 Å². The van der Waals surface area contributed by atoms with E-state index in [1.54, 1.807) is 0 Å². The fourth-order valence-corrected chi connectivity index (χ4v) is 5.15. The van der Waals surface area contributed by atoms with Gasteiger partial charge < -0.3 is 40.3 Å². The van der Waals surface area contributed by atoms with Gasteiger partial charge in [-0.1, -0.05) is 24.3 Å². The van der Waals surface area contributed by atoms with Gasteiger partial charge in [-0.15, -0.1) is 0 Å². The Morgan fingerprint density at radius 2 is 1.52 bits per heavy atom. The molecule has 0 saturated heterocycles. The summed E-state index contributed by atoms with van der Waals surface area (Å²) in [6.07, 6.45) is -0.308. The summed E-state index contributed by atoms with van der Waals surface area (Å²) in [6, 6.07) is 7.71. The smallest absolute Gasteiger partial charge is 0.340 e. The van der Waals surface area contributed by atoms with Crippen molar-refractivity contribution in [1.29, 1.82) is 5.39 Å². The second kappa shape index (κ2) is 10.1. The third kappa shape index (κ3) is 4.50. The number of diazo groups is 1. The first-order valence-corrected chi connectivity index (χ1v) is 12.1. The van der Waals surface area contributed by atoms with Crippen LogP contribution in [0.4, 0.5) is 0 Å². The van der Waals surface area contributed by atoms with Crippen LogP contribution in [0.1, 0.15) is 11.1 Å². The van der Waals surface area contributed by atoms with E-state index in [1.165, 1.54) is 12.1 Å². The monoisotopic (exact) mass is 566 g/mol. The topological polar surface area (TPSA) is 266 Å². The molecular formula is C23H14N6O10S. The summed E-state index contributed by atoms with van der Waals surface area (Å²) in [5.74, 6) is -4.99. The van der Waals surface area contributed by atoms with Crippen LogP contribution in [0.2, 0.25) is 0 Å². The summed E-state index contributed by atoms with van der Waals surface area (Å²) >= 11 is 0. The fourth-order valence-electron chi connectivity index (χ4n) is 3.86. The molecule has 202 valence electrons. The normalized spacial score (nSPS) is 12.4. The van der Waals surface area contributed by atoms with E-state index in [2.05, 4.69) is 20.5 Å². The SMILES string of the molecule is N#[N+]N=c1cccc2c(=O)c(=O)c(=NN=[N-])c(S(=O)(=O)Oc3ccc(Cc4ccc(O)c(O)c4O)c(O)c3O)c1-2. The molecule has 0 fully saturated rings. The van der Waals surface area contributed by atoms with Crippen molar-refractivity contribution < 1.29 is 38.1 Å². The van der Waals surface area contributed by atoms with Crippen LogP contribution < -0.4 is 25.8 Å². The lowest BCUT2D eigenvalue weighted by Crippen LogP contribution is -2.45.